The first-order chi connectivity index (χ1) is 17.1. The first-order valence-electron chi connectivity index (χ1n) is 11.7. The second-order valence-electron chi connectivity index (χ2n) is 8.90. The topological polar surface area (TPSA) is 144 Å². The Hall–Kier alpha value is -3.47. The highest BCUT2D eigenvalue weighted by atomic mass is 16.5. The van der Waals surface area contributed by atoms with Crippen LogP contribution < -0.4 is 15.2 Å². The zero-order chi connectivity index (χ0) is 26.4. The number of carbonyl (C=O) groups excluding carboxylic acids is 1. The van der Waals surface area contributed by atoms with Crippen molar-refractivity contribution in [3.8, 4) is 34.3 Å². The lowest BCUT2D eigenvalue weighted by atomic mass is 10.1. The number of rotatable bonds is 12. The number of aromatic nitrogens is 2. The molecule has 10 nitrogen and oxygen atoms in total. The van der Waals surface area contributed by atoms with Crippen molar-refractivity contribution in [2.75, 3.05) is 27.3 Å². The van der Waals surface area contributed by atoms with Gasteiger partial charge in [-0.05, 0) is 62.8 Å². The summed E-state index contributed by atoms with van der Waals surface area (Å²) in [4.78, 5) is 17.8. The van der Waals surface area contributed by atoms with Crippen LogP contribution in [-0.2, 0) is 11.3 Å². The first kappa shape index (κ1) is 27.1. The summed E-state index contributed by atoms with van der Waals surface area (Å²) >= 11 is 0. The van der Waals surface area contributed by atoms with Gasteiger partial charge in [0.15, 0.2) is 11.5 Å². The summed E-state index contributed by atoms with van der Waals surface area (Å²) in [6, 6.07) is 9.76. The van der Waals surface area contributed by atoms with Crippen LogP contribution in [0.15, 0.2) is 34.9 Å². The Morgan fingerprint density at radius 2 is 1.92 bits per heavy atom. The normalized spacial score (nSPS) is 13.0. The fourth-order valence-corrected chi connectivity index (χ4v) is 3.79. The van der Waals surface area contributed by atoms with Crippen molar-refractivity contribution in [1.29, 1.82) is 0 Å². The van der Waals surface area contributed by atoms with Crippen LogP contribution in [0.1, 0.15) is 30.0 Å². The van der Waals surface area contributed by atoms with Gasteiger partial charge in [-0.2, -0.15) is 4.98 Å². The molecular weight excluding hydrogens is 464 g/mol. The zero-order valence-electron chi connectivity index (χ0n) is 21.3. The van der Waals surface area contributed by atoms with Gasteiger partial charge < -0.3 is 34.8 Å². The Morgan fingerprint density at radius 1 is 1.17 bits per heavy atom. The van der Waals surface area contributed by atoms with Gasteiger partial charge in [-0.1, -0.05) is 23.7 Å². The molecule has 0 aliphatic carbocycles. The van der Waals surface area contributed by atoms with Crippen molar-refractivity contribution in [2.24, 2.45) is 5.73 Å². The maximum absolute atomic E-state index is 11.0. The van der Waals surface area contributed by atoms with Crippen LogP contribution in [0.3, 0.4) is 0 Å². The van der Waals surface area contributed by atoms with Gasteiger partial charge >= 0.3 is 0 Å². The minimum atomic E-state index is -1.45. The van der Waals surface area contributed by atoms with Crippen molar-refractivity contribution < 1.29 is 29.0 Å². The molecule has 10 heteroatoms. The molecule has 0 fully saturated rings. The zero-order valence-corrected chi connectivity index (χ0v) is 21.3. The highest BCUT2D eigenvalue weighted by Crippen LogP contribution is 2.36. The molecule has 4 N–H and O–H groups in total. The average Bonchev–Trinajstić information content (AvgIpc) is 3.32. The molecule has 2 aromatic carbocycles. The van der Waals surface area contributed by atoms with Gasteiger partial charge in [0.25, 0.3) is 5.89 Å². The minimum Gasteiger partial charge on any atom is -0.493 e. The summed E-state index contributed by atoms with van der Waals surface area (Å²) in [6.45, 7) is 7.59. The summed E-state index contributed by atoms with van der Waals surface area (Å²) in [6.07, 6.45) is -2.76. The predicted octanol–water partition coefficient (Wildman–Crippen LogP) is 2.46. The molecule has 1 aromatic heterocycles. The summed E-state index contributed by atoms with van der Waals surface area (Å²) in [5.74, 6) is 0.751. The second kappa shape index (κ2) is 12.0. The third-order valence-corrected chi connectivity index (χ3v) is 5.76. The molecule has 0 aliphatic rings. The van der Waals surface area contributed by atoms with Gasteiger partial charge in [0.05, 0.1) is 13.2 Å². The first-order valence-corrected chi connectivity index (χ1v) is 11.7. The molecule has 0 bridgehead atoms. The molecule has 36 heavy (non-hydrogen) atoms. The smallest absolute Gasteiger partial charge is 0.258 e. The van der Waals surface area contributed by atoms with E-state index in [4.69, 9.17) is 19.7 Å². The fraction of sp³-hybridized carbons (Fsp3) is 0.423. The van der Waals surface area contributed by atoms with Gasteiger partial charge in [0, 0.05) is 24.1 Å². The van der Waals surface area contributed by atoms with E-state index in [0.717, 1.165) is 29.8 Å². The number of nitrogens with two attached hydrogens (primary N) is 1. The average molecular weight is 499 g/mol. The number of primary amides is 1. The van der Waals surface area contributed by atoms with Gasteiger partial charge in [-0.15, -0.1) is 0 Å². The number of benzene rings is 2. The molecule has 3 aromatic rings. The molecule has 194 valence electrons. The third-order valence-electron chi connectivity index (χ3n) is 5.76. The predicted molar refractivity (Wildman–Crippen MR) is 135 cm³/mol. The second-order valence-corrected chi connectivity index (χ2v) is 8.90. The highest BCUT2D eigenvalue weighted by molar-refractivity contribution is 5.78. The molecule has 0 aliphatic heterocycles. The van der Waals surface area contributed by atoms with Crippen LogP contribution in [0, 0.1) is 13.8 Å². The van der Waals surface area contributed by atoms with E-state index in [-0.39, 0.29) is 13.0 Å². The standard InChI is InChI=1S/C26H34N4O6/c1-6-30(4)13-17-7-15(2)8-19(10-17)26-28-25(29-36-26)18-9-16(3)23(22(11-18)34-5)35-14-20(31)12-21(32)24(27)33/h7-11,20-21,31-32H,6,12-14H2,1-5H3,(H2,27,33)/t20-,21?/m0/s1. The van der Waals surface area contributed by atoms with Gasteiger partial charge in [-0.3, -0.25) is 4.79 Å². The highest BCUT2D eigenvalue weighted by Gasteiger charge is 2.20. The molecule has 3 rings (SSSR count). The summed E-state index contributed by atoms with van der Waals surface area (Å²) < 4.78 is 16.8. The van der Waals surface area contributed by atoms with E-state index >= 15 is 0 Å². The molecule has 0 saturated carbocycles. The Balaban J connectivity index is 1.81. The molecule has 1 unspecified atom stereocenters. The number of carbonyl (C=O) groups is 1. The maximum Gasteiger partial charge on any atom is 0.258 e. The Kier molecular flexibility index (Phi) is 9.03. The molecule has 0 radical (unpaired) electrons. The van der Waals surface area contributed by atoms with E-state index in [1.807, 2.05) is 26.0 Å². The maximum atomic E-state index is 11.0. The van der Waals surface area contributed by atoms with E-state index in [1.165, 1.54) is 12.7 Å². The fourth-order valence-electron chi connectivity index (χ4n) is 3.79. The monoisotopic (exact) mass is 498 g/mol. The number of ether oxygens (including phenoxy) is 2. The molecule has 1 amide bonds. The van der Waals surface area contributed by atoms with Crippen molar-refractivity contribution in [1.82, 2.24) is 15.0 Å². The number of aliphatic hydroxyl groups excluding tert-OH is 2. The molecule has 1 heterocycles. The van der Waals surface area contributed by atoms with Crippen LogP contribution in [-0.4, -0.2) is 70.7 Å². The van der Waals surface area contributed by atoms with Crippen molar-refractivity contribution in [2.45, 2.75) is 45.9 Å². The van der Waals surface area contributed by atoms with Crippen molar-refractivity contribution in [3.05, 3.63) is 47.0 Å². The lowest BCUT2D eigenvalue weighted by Crippen LogP contribution is -2.33. The molecule has 0 spiro atoms. The van der Waals surface area contributed by atoms with Gasteiger partial charge in [-0.25, -0.2) is 0 Å². The molecular formula is C26H34N4O6. The largest absolute Gasteiger partial charge is 0.493 e. The van der Waals surface area contributed by atoms with Crippen molar-refractivity contribution in [3.63, 3.8) is 0 Å². The Labute approximate surface area is 210 Å². The number of hydrogen-bond donors (Lipinski definition) is 3. The quantitative estimate of drug-likeness (QED) is 0.343. The molecule has 0 saturated heterocycles. The Morgan fingerprint density at radius 3 is 2.58 bits per heavy atom. The van der Waals surface area contributed by atoms with E-state index in [0.29, 0.717) is 28.8 Å². The van der Waals surface area contributed by atoms with Crippen LogP contribution in [0.25, 0.3) is 22.8 Å². The van der Waals surface area contributed by atoms with Crippen LogP contribution in [0.2, 0.25) is 0 Å². The third kappa shape index (κ3) is 6.81. The van der Waals surface area contributed by atoms with Crippen LogP contribution >= 0.6 is 0 Å². The number of methoxy groups -OCH3 is 1. The van der Waals surface area contributed by atoms with Gasteiger partial charge in [0.1, 0.15) is 12.7 Å². The summed E-state index contributed by atoms with van der Waals surface area (Å²) in [7, 11) is 3.57. The molecule has 2 atom stereocenters. The van der Waals surface area contributed by atoms with Crippen LogP contribution in [0.5, 0.6) is 11.5 Å². The summed E-state index contributed by atoms with van der Waals surface area (Å²) in [5, 5.41) is 23.8. The van der Waals surface area contributed by atoms with E-state index < -0.39 is 18.1 Å². The SMILES string of the molecule is CCN(C)Cc1cc(C)cc(-c2nc(-c3cc(C)c(OC[C@@H](O)CC(O)C(N)=O)c(OC)c3)no2)c1. The van der Waals surface area contributed by atoms with Crippen LogP contribution in [0.4, 0.5) is 0 Å². The minimum absolute atomic E-state index is 0.157. The summed E-state index contributed by atoms with van der Waals surface area (Å²) in [5.41, 5.74) is 9.55. The lowest BCUT2D eigenvalue weighted by Gasteiger charge is -2.18. The van der Waals surface area contributed by atoms with E-state index in [2.05, 4.69) is 41.1 Å². The number of amides is 1. The number of hydrogen-bond acceptors (Lipinski definition) is 9. The van der Waals surface area contributed by atoms with Gasteiger partial charge in [0.2, 0.25) is 11.7 Å². The van der Waals surface area contributed by atoms with Crippen molar-refractivity contribution >= 4 is 5.91 Å². The Bertz CT molecular complexity index is 1200. The van der Waals surface area contributed by atoms with E-state index in [1.54, 1.807) is 6.07 Å². The lowest BCUT2D eigenvalue weighted by molar-refractivity contribution is -0.127. The number of aryl methyl sites for hydroxylation is 2. The van der Waals surface area contributed by atoms with E-state index in [9.17, 15) is 15.0 Å². The number of aliphatic hydroxyl groups is 2. The number of nitrogens with zero attached hydrogens (tertiary/aromatic N) is 3.